The Morgan fingerprint density at radius 3 is 2.45 bits per heavy atom. The van der Waals surface area contributed by atoms with Crippen LogP contribution in [0.15, 0.2) is 24.3 Å². The predicted octanol–water partition coefficient (Wildman–Crippen LogP) is 2.59. The van der Waals surface area contributed by atoms with E-state index < -0.39 is 0 Å². The van der Waals surface area contributed by atoms with Gasteiger partial charge in [-0.1, -0.05) is 12.1 Å². The summed E-state index contributed by atoms with van der Waals surface area (Å²) in [5.74, 6) is 0.0115. The second kappa shape index (κ2) is 5.92. The first-order valence-electron chi connectivity index (χ1n) is 7.51. The molecule has 0 radical (unpaired) electrons. The second-order valence-electron chi connectivity index (χ2n) is 5.74. The number of carbonyl (C=O) groups excluding carboxylic acids is 1. The van der Waals surface area contributed by atoms with E-state index in [0.29, 0.717) is 6.42 Å². The smallest absolute Gasteiger partial charge is 0.224 e. The van der Waals surface area contributed by atoms with Crippen molar-refractivity contribution >= 4 is 5.91 Å². The van der Waals surface area contributed by atoms with E-state index in [9.17, 15) is 9.18 Å². The number of halogens is 1. The number of carbonyl (C=O) groups is 1. The number of nitrogens with zero attached hydrogens (tertiary/aromatic N) is 2. The lowest BCUT2D eigenvalue weighted by atomic mass is 9.94. The molecule has 0 aliphatic carbocycles. The van der Waals surface area contributed by atoms with Crippen LogP contribution in [-0.2, 0) is 4.79 Å². The van der Waals surface area contributed by atoms with Crippen LogP contribution in [0.3, 0.4) is 0 Å². The van der Waals surface area contributed by atoms with Crippen molar-refractivity contribution in [3.05, 3.63) is 35.6 Å². The van der Waals surface area contributed by atoms with Gasteiger partial charge < -0.3 is 9.80 Å². The maximum atomic E-state index is 12.9. The van der Waals surface area contributed by atoms with Crippen LogP contribution in [0.5, 0.6) is 0 Å². The first kappa shape index (κ1) is 13.6. The van der Waals surface area contributed by atoms with Crippen molar-refractivity contribution in [3.63, 3.8) is 0 Å². The molecule has 1 amide bonds. The number of likely N-dealkylation sites (tertiary alicyclic amines) is 2. The molecular formula is C16H21FN2O. The SMILES string of the molecule is O=C(CCN1CCCC1)N1CCC1c1ccc(F)cc1. The van der Waals surface area contributed by atoms with Crippen molar-refractivity contribution in [1.29, 1.82) is 0 Å². The van der Waals surface area contributed by atoms with E-state index >= 15 is 0 Å². The number of hydrogen-bond acceptors (Lipinski definition) is 2. The fourth-order valence-electron chi connectivity index (χ4n) is 3.12. The molecule has 0 bridgehead atoms. The minimum atomic E-state index is -0.222. The van der Waals surface area contributed by atoms with E-state index in [2.05, 4.69) is 4.90 Å². The third kappa shape index (κ3) is 2.85. The van der Waals surface area contributed by atoms with Gasteiger partial charge in [0, 0.05) is 19.5 Å². The summed E-state index contributed by atoms with van der Waals surface area (Å²) in [6, 6.07) is 6.68. The first-order valence-corrected chi connectivity index (χ1v) is 7.51. The average molecular weight is 276 g/mol. The van der Waals surface area contributed by atoms with Crippen LogP contribution in [0.4, 0.5) is 4.39 Å². The monoisotopic (exact) mass is 276 g/mol. The van der Waals surface area contributed by atoms with Crippen molar-refractivity contribution in [1.82, 2.24) is 9.80 Å². The molecule has 1 aromatic carbocycles. The Bertz CT molecular complexity index is 468. The van der Waals surface area contributed by atoms with Gasteiger partial charge in [-0.15, -0.1) is 0 Å². The Labute approximate surface area is 119 Å². The molecule has 3 nitrogen and oxygen atoms in total. The van der Waals surface area contributed by atoms with E-state index in [1.165, 1.54) is 25.0 Å². The van der Waals surface area contributed by atoms with Crippen LogP contribution in [0, 0.1) is 5.82 Å². The quantitative estimate of drug-likeness (QED) is 0.844. The predicted molar refractivity (Wildman–Crippen MR) is 75.8 cm³/mol. The van der Waals surface area contributed by atoms with Crippen LogP contribution >= 0.6 is 0 Å². The fourth-order valence-corrected chi connectivity index (χ4v) is 3.12. The topological polar surface area (TPSA) is 23.6 Å². The zero-order valence-electron chi connectivity index (χ0n) is 11.7. The zero-order chi connectivity index (χ0) is 13.9. The normalized spacial score (nSPS) is 22.9. The fraction of sp³-hybridized carbons (Fsp3) is 0.562. The Kier molecular flexibility index (Phi) is 4.01. The number of amides is 1. The molecule has 4 heteroatoms. The van der Waals surface area contributed by atoms with Gasteiger partial charge in [0.15, 0.2) is 0 Å². The van der Waals surface area contributed by atoms with Gasteiger partial charge in [0.05, 0.1) is 6.04 Å². The van der Waals surface area contributed by atoms with Crippen molar-refractivity contribution in [2.75, 3.05) is 26.2 Å². The minimum Gasteiger partial charge on any atom is -0.335 e. The molecule has 0 N–H and O–H groups in total. The highest BCUT2D eigenvalue weighted by molar-refractivity contribution is 5.77. The molecule has 1 unspecified atom stereocenters. The molecule has 1 aromatic rings. The third-order valence-corrected chi connectivity index (χ3v) is 4.44. The Hall–Kier alpha value is -1.42. The molecule has 2 fully saturated rings. The Morgan fingerprint density at radius 2 is 1.85 bits per heavy atom. The lowest BCUT2D eigenvalue weighted by molar-refractivity contribution is -0.139. The van der Waals surface area contributed by atoms with Crippen LogP contribution in [0.2, 0.25) is 0 Å². The van der Waals surface area contributed by atoms with Gasteiger partial charge >= 0.3 is 0 Å². The summed E-state index contributed by atoms with van der Waals surface area (Å²) in [7, 11) is 0. The Morgan fingerprint density at radius 1 is 1.15 bits per heavy atom. The molecule has 2 heterocycles. The van der Waals surface area contributed by atoms with Crippen molar-refractivity contribution in [2.45, 2.75) is 31.7 Å². The van der Waals surface area contributed by atoms with Gasteiger partial charge in [-0.05, 0) is 50.0 Å². The maximum absolute atomic E-state index is 12.9. The van der Waals surface area contributed by atoms with Crippen LogP contribution in [0.25, 0.3) is 0 Å². The summed E-state index contributed by atoms with van der Waals surface area (Å²) in [6.07, 6.45) is 4.12. The van der Waals surface area contributed by atoms with Crippen LogP contribution < -0.4 is 0 Å². The second-order valence-corrected chi connectivity index (χ2v) is 5.74. The molecule has 0 saturated carbocycles. The summed E-state index contributed by atoms with van der Waals surface area (Å²) in [4.78, 5) is 16.6. The molecule has 20 heavy (non-hydrogen) atoms. The molecular weight excluding hydrogens is 255 g/mol. The molecule has 2 aliphatic heterocycles. The lowest BCUT2D eigenvalue weighted by Gasteiger charge is -2.41. The molecule has 2 saturated heterocycles. The molecule has 1 atom stereocenters. The van der Waals surface area contributed by atoms with E-state index in [0.717, 1.165) is 38.2 Å². The van der Waals surface area contributed by atoms with Crippen LogP contribution in [0.1, 0.15) is 37.3 Å². The average Bonchev–Trinajstić information content (AvgIpc) is 2.91. The summed E-state index contributed by atoms with van der Waals surface area (Å²) < 4.78 is 12.9. The van der Waals surface area contributed by atoms with Crippen molar-refractivity contribution in [2.24, 2.45) is 0 Å². The highest BCUT2D eigenvalue weighted by Gasteiger charge is 2.33. The highest BCUT2D eigenvalue weighted by Crippen LogP contribution is 2.33. The number of rotatable bonds is 4. The van der Waals surface area contributed by atoms with Crippen molar-refractivity contribution < 1.29 is 9.18 Å². The first-order chi connectivity index (χ1) is 9.74. The van der Waals surface area contributed by atoms with E-state index in [4.69, 9.17) is 0 Å². The van der Waals surface area contributed by atoms with Crippen molar-refractivity contribution in [3.8, 4) is 0 Å². The van der Waals surface area contributed by atoms with E-state index in [1.807, 2.05) is 4.90 Å². The molecule has 0 spiro atoms. The summed E-state index contributed by atoms with van der Waals surface area (Å²) >= 11 is 0. The standard InChI is InChI=1S/C16H21FN2O/c17-14-5-3-13(4-6-14)15-7-12-19(15)16(20)8-11-18-9-1-2-10-18/h3-6,15H,1-2,7-12H2. The number of benzene rings is 1. The van der Waals surface area contributed by atoms with E-state index in [1.54, 1.807) is 12.1 Å². The minimum absolute atomic E-state index is 0.154. The largest absolute Gasteiger partial charge is 0.335 e. The molecule has 108 valence electrons. The highest BCUT2D eigenvalue weighted by atomic mass is 19.1. The summed E-state index contributed by atoms with van der Waals surface area (Å²) in [6.45, 7) is 3.98. The summed E-state index contributed by atoms with van der Waals surface area (Å²) in [5.41, 5.74) is 1.05. The van der Waals surface area contributed by atoms with Crippen LogP contribution in [-0.4, -0.2) is 41.9 Å². The van der Waals surface area contributed by atoms with Gasteiger partial charge in [-0.25, -0.2) is 4.39 Å². The number of hydrogen-bond donors (Lipinski definition) is 0. The van der Waals surface area contributed by atoms with Gasteiger partial charge in [0.2, 0.25) is 5.91 Å². The van der Waals surface area contributed by atoms with E-state index in [-0.39, 0.29) is 17.8 Å². The Balaban J connectivity index is 1.54. The maximum Gasteiger partial charge on any atom is 0.224 e. The van der Waals surface area contributed by atoms with Gasteiger partial charge in [0.25, 0.3) is 0 Å². The third-order valence-electron chi connectivity index (χ3n) is 4.44. The molecule has 3 rings (SSSR count). The molecule has 2 aliphatic rings. The van der Waals surface area contributed by atoms with Gasteiger partial charge in [-0.3, -0.25) is 4.79 Å². The summed E-state index contributed by atoms with van der Waals surface area (Å²) in [5, 5.41) is 0. The lowest BCUT2D eigenvalue weighted by Crippen LogP contribution is -2.46. The van der Waals surface area contributed by atoms with Gasteiger partial charge in [0.1, 0.15) is 5.82 Å². The molecule has 0 aromatic heterocycles. The van der Waals surface area contributed by atoms with Gasteiger partial charge in [-0.2, -0.15) is 0 Å². The zero-order valence-corrected chi connectivity index (χ0v) is 11.7.